The molecule has 0 atom stereocenters. The number of fused-ring (bicyclic) bond motifs is 1. The van der Waals surface area contributed by atoms with Crippen molar-refractivity contribution in [3.8, 4) is 5.75 Å². The summed E-state index contributed by atoms with van der Waals surface area (Å²) in [7, 11) is 1.48. The van der Waals surface area contributed by atoms with Crippen LogP contribution in [0.15, 0.2) is 56.1 Å². The Labute approximate surface area is 174 Å². The number of hydrogen-bond acceptors (Lipinski definition) is 5. The van der Waals surface area contributed by atoms with Crippen molar-refractivity contribution in [2.45, 2.75) is 0 Å². The molecule has 0 bridgehead atoms. The lowest BCUT2D eigenvalue weighted by Crippen LogP contribution is -2.49. The van der Waals surface area contributed by atoms with Gasteiger partial charge >= 0.3 is 5.63 Å². The molecule has 0 N–H and O–H groups in total. The maximum absolute atomic E-state index is 14.0. The first-order valence-electron chi connectivity index (χ1n) is 9.08. The van der Waals surface area contributed by atoms with E-state index in [9.17, 15) is 14.0 Å². The minimum Gasteiger partial charge on any atom is -0.493 e. The lowest BCUT2D eigenvalue weighted by Gasteiger charge is -2.36. The number of ether oxygens (including phenoxy) is 1. The molecule has 2 heterocycles. The van der Waals surface area contributed by atoms with E-state index in [1.54, 1.807) is 35.2 Å². The summed E-state index contributed by atoms with van der Waals surface area (Å²) in [4.78, 5) is 28.9. The number of piperazine rings is 1. The summed E-state index contributed by atoms with van der Waals surface area (Å²) in [5.41, 5.74) is 0.0695. The van der Waals surface area contributed by atoms with Gasteiger partial charge in [0.1, 0.15) is 11.4 Å². The van der Waals surface area contributed by atoms with Gasteiger partial charge in [0.25, 0.3) is 5.91 Å². The van der Waals surface area contributed by atoms with Gasteiger partial charge in [-0.15, -0.1) is 0 Å². The highest BCUT2D eigenvalue weighted by atomic mass is 79.9. The first-order chi connectivity index (χ1) is 14.0. The van der Waals surface area contributed by atoms with Crippen LogP contribution in [0.5, 0.6) is 5.75 Å². The third-order valence-corrected chi connectivity index (χ3v) is 5.43. The third-order valence-electron chi connectivity index (χ3n) is 4.97. The topological polar surface area (TPSA) is 63.0 Å². The Hall–Kier alpha value is -2.87. The monoisotopic (exact) mass is 460 g/mol. The molecule has 8 heteroatoms. The van der Waals surface area contributed by atoms with Crippen LogP contribution in [-0.4, -0.2) is 44.1 Å². The van der Waals surface area contributed by atoms with Gasteiger partial charge in [0.2, 0.25) is 0 Å². The molecule has 1 saturated heterocycles. The molecule has 2 aromatic carbocycles. The van der Waals surface area contributed by atoms with Crippen LogP contribution >= 0.6 is 15.9 Å². The van der Waals surface area contributed by atoms with E-state index in [0.29, 0.717) is 48.6 Å². The highest BCUT2D eigenvalue weighted by molar-refractivity contribution is 9.10. The number of methoxy groups -OCH3 is 1. The van der Waals surface area contributed by atoms with Crippen molar-refractivity contribution in [2.75, 3.05) is 38.2 Å². The van der Waals surface area contributed by atoms with Gasteiger partial charge in [-0.2, -0.15) is 0 Å². The first-order valence-corrected chi connectivity index (χ1v) is 9.87. The first kappa shape index (κ1) is 19.4. The number of nitrogens with zero attached hydrogens (tertiary/aromatic N) is 2. The fraction of sp³-hybridized carbons (Fsp3) is 0.238. The highest BCUT2D eigenvalue weighted by Gasteiger charge is 2.26. The van der Waals surface area contributed by atoms with Gasteiger partial charge in [-0.25, -0.2) is 9.18 Å². The van der Waals surface area contributed by atoms with Crippen LogP contribution in [0.4, 0.5) is 10.1 Å². The van der Waals surface area contributed by atoms with E-state index in [2.05, 4.69) is 15.9 Å². The van der Waals surface area contributed by atoms with Gasteiger partial charge in [0.05, 0.1) is 12.8 Å². The van der Waals surface area contributed by atoms with Crippen LogP contribution in [0.3, 0.4) is 0 Å². The number of hydrogen-bond donors (Lipinski definition) is 0. The molecule has 4 rings (SSSR count). The van der Waals surface area contributed by atoms with Crippen LogP contribution < -0.4 is 15.3 Å². The Morgan fingerprint density at radius 1 is 1.14 bits per heavy atom. The van der Waals surface area contributed by atoms with E-state index in [4.69, 9.17) is 9.15 Å². The molecule has 1 aliphatic heterocycles. The van der Waals surface area contributed by atoms with Crippen LogP contribution in [-0.2, 0) is 0 Å². The largest absolute Gasteiger partial charge is 0.493 e. The van der Waals surface area contributed by atoms with Crippen LogP contribution in [0.2, 0.25) is 0 Å². The zero-order chi connectivity index (χ0) is 20.5. The molecule has 0 saturated carbocycles. The summed E-state index contributed by atoms with van der Waals surface area (Å²) in [5.74, 6) is -0.279. The van der Waals surface area contributed by atoms with Gasteiger partial charge in [-0.05, 0) is 30.3 Å². The summed E-state index contributed by atoms with van der Waals surface area (Å²) in [6.07, 6.45) is 0. The summed E-state index contributed by atoms with van der Waals surface area (Å²) in [6, 6.07) is 11.5. The minimum atomic E-state index is -0.709. The van der Waals surface area contributed by atoms with Crippen molar-refractivity contribution < 1.29 is 18.3 Å². The number of rotatable bonds is 3. The number of carbonyl (C=O) groups is 1. The number of amides is 1. The van der Waals surface area contributed by atoms with Crippen molar-refractivity contribution in [1.82, 2.24) is 4.90 Å². The molecule has 0 aliphatic carbocycles. The molecule has 1 aliphatic rings. The SMILES string of the molecule is COc1cc(Br)cc2cc(C(=O)N3CCN(c4ccccc4F)CC3)c(=O)oc12. The van der Waals surface area contributed by atoms with Gasteiger partial charge in [-0.3, -0.25) is 4.79 Å². The number of anilines is 1. The van der Waals surface area contributed by atoms with Crippen molar-refractivity contribution in [3.05, 3.63) is 68.7 Å². The highest BCUT2D eigenvalue weighted by Crippen LogP contribution is 2.30. The van der Waals surface area contributed by atoms with E-state index in [1.165, 1.54) is 19.2 Å². The average Bonchev–Trinajstić information content (AvgIpc) is 2.73. The number of benzene rings is 2. The Balaban J connectivity index is 1.57. The van der Waals surface area contributed by atoms with Crippen LogP contribution in [0.25, 0.3) is 11.0 Å². The maximum atomic E-state index is 14.0. The number of carbonyl (C=O) groups excluding carboxylic acids is 1. The molecule has 3 aromatic rings. The second-order valence-electron chi connectivity index (χ2n) is 6.70. The van der Waals surface area contributed by atoms with Gasteiger partial charge in [0.15, 0.2) is 11.3 Å². The number of halogens is 2. The average molecular weight is 461 g/mol. The van der Waals surface area contributed by atoms with Gasteiger partial charge in [0, 0.05) is 36.0 Å². The van der Waals surface area contributed by atoms with Crippen molar-refractivity contribution in [1.29, 1.82) is 0 Å². The van der Waals surface area contributed by atoms with E-state index >= 15 is 0 Å². The van der Waals surface area contributed by atoms with Crippen molar-refractivity contribution in [3.63, 3.8) is 0 Å². The molecule has 6 nitrogen and oxygen atoms in total. The van der Waals surface area contributed by atoms with E-state index in [0.717, 1.165) is 4.47 Å². The lowest BCUT2D eigenvalue weighted by molar-refractivity contribution is 0.0742. The molecule has 0 spiro atoms. The molecule has 0 radical (unpaired) electrons. The summed E-state index contributed by atoms with van der Waals surface area (Å²) >= 11 is 3.38. The third kappa shape index (κ3) is 3.72. The molecule has 1 fully saturated rings. The lowest BCUT2D eigenvalue weighted by atomic mass is 10.1. The molecular formula is C21H18BrFN2O4. The molecule has 150 valence electrons. The zero-order valence-electron chi connectivity index (χ0n) is 15.7. The van der Waals surface area contributed by atoms with Crippen molar-refractivity contribution in [2.24, 2.45) is 0 Å². The summed E-state index contributed by atoms with van der Waals surface area (Å²) in [6.45, 7) is 1.72. The molecular weight excluding hydrogens is 443 g/mol. The second-order valence-corrected chi connectivity index (χ2v) is 7.62. The van der Waals surface area contributed by atoms with Gasteiger partial charge in [-0.1, -0.05) is 28.1 Å². The Morgan fingerprint density at radius 2 is 1.86 bits per heavy atom. The predicted octanol–water partition coefficient (Wildman–Crippen LogP) is 3.67. The zero-order valence-corrected chi connectivity index (χ0v) is 17.2. The van der Waals surface area contributed by atoms with E-state index in [1.807, 2.05) is 4.90 Å². The maximum Gasteiger partial charge on any atom is 0.349 e. The van der Waals surface area contributed by atoms with E-state index < -0.39 is 11.5 Å². The molecule has 1 amide bonds. The fourth-order valence-corrected chi connectivity index (χ4v) is 3.95. The van der Waals surface area contributed by atoms with E-state index in [-0.39, 0.29) is 11.4 Å². The number of para-hydroxylation sites is 1. The molecule has 29 heavy (non-hydrogen) atoms. The Morgan fingerprint density at radius 3 is 2.55 bits per heavy atom. The van der Waals surface area contributed by atoms with Gasteiger partial charge < -0.3 is 19.0 Å². The van der Waals surface area contributed by atoms with Crippen molar-refractivity contribution >= 4 is 38.5 Å². The normalized spacial score (nSPS) is 14.3. The minimum absolute atomic E-state index is 0.0306. The standard InChI is InChI=1S/C21H18BrFN2O4/c1-28-18-12-14(22)10-13-11-15(21(27)29-19(13)18)20(26)25-8-6-24(7-9-25)17-5-3-2-4-16(17)23/h2-5,10-12H,6-9H2,1H3. The second kappa shape index (κ2) is 7.87. The smallest absolute Gasteiger partial charge is 0.349 e. The van der Waals surface area contributed by atoms with Crippen LogP contribution in [0, 0.1) is 5.82 Å². The van der Waals surface area contributed by atoms with Crippen LogP contribution in [0.1, 0.15) is 10.4 Å². The fourth-order valence-electron chi connectivity index (χ4n) is 3.50. The Kier molecular flexibility index (Phi) is 5.27. The summed E-state index contributed by atoms with van der Waals surface area (Å²) in [5, 5.41) is 0.587. The Bertz CT molecular complexity index is 1140. The molecule has 1 aromatic heterocycles. The molecule has 0 unspecified atom stereocenters. The predicted molar refractivity (Wildman–Crippen MR) is 111 cm³/mol. The summed E-state index contributed by atoms with van der Waals surface area (Å²) < 4.78 is 25.4. The quantitative estimate of drug-likeness (QED) is 0.558.